The number of carbonyl (C=O) groups excluding carboxylic acids is 1. The van der Waals surface area contributed by atoms with Crippen LogP contribution in [-0.4, -0.2) is 39.0 Å². The summed E-state index contributed by atoms with van der Waals surface area (Å²) in [6.07, 6.45) is 3.46. The van der Waals surface area contributed by atoms with Gasteiger partial charge in [0.2, 0.25) is 5.91 Å². The molecule has 0 saturated heterocycles. The van der Waals surface area contributed by atoms with Crippen molar-refractivity contribution in [2.24, 2.45) is 5.92 Å². The number of aromatic nitrogens is 1. The number of hydrogen-bond acceptors (Lipinski definition) is 3. The van der Waals surface area contributed by atoms with Crippen LogP contribution < -0.4 is 5.43 Å². The number of aliphatic carboxylic acids is 1. The summed E-state index contributed by atoms with van der Waals surface area (Å²) < 4.78 is 1.75. The van der Waals surface area contributed by atoms with Gasteiger partial charge >= 0.3 is 5.97 Å². The highest BCUT2D eigenvalue weighted by Crippen LogP contribution is 2.28. The van der Waals surface area contributed by atoms with Crippen LogP contribution in [0.15, 0.2) is 41.3 Å². The minimum Gasteiger partial charge on any atom is -0.481 e. The second-order valence-electron chi connectivity index (χ2n) is 6.34. The third kappa shape index (κ3) is 3.32. The van der Waals surface area contributed by atoms with Gasteiger partial charge in [-0.1, -0.05) is 19.1 Å². The second-order valence-corrected chi connectivity index (χ2v) is 6.34. The molecular weight excluding hydrogens is 308 g/mol. The van der Waals surface area contributed by atoms with Crippen molar-refractivity contribution in [1.29, 1.82) is 0 Å². The predicted octanol–water partition coefficient (Wildman–Crippen LogP) is 1.71. The molecule has 6 nitrogen and oxygen atoms in total. The van der Waals surface area contributed by atoms with Gasteiger partial charge < -0.3 is 14.6 Å². The summed E-state index contributed by atoms with van der Waals surface area (Å²) in [6.45, 7) is 1.93. The largest absolute Gasteiger partial charge is 0.481 e. The molecule has 1 unspecified atom stereocenters. The number of rotatable bonds is 6. The van der Waals surface area contributed by atoms with Crippen molar-refractivity contribution in [2.75, 3.05) is 6.54 Å². The van der Waals surface area contributed by atoms with Gasteiger partial charge in [-0.3, -0.25) is 14.4 Å². The van der Waals surface area contributed by atoms with Crippen LogP contribution in [0.3, 0.4) is 0 Å². The van der Waals surface area contributed by atoms with Gasteiger partial charge in [0, 0.05) is 30.2 Å². The van der Waals surface area contributed by atoms with E-state index in [0.29, 0.717) is 10.9 Å². The van der Waals surface area contributed by atoms with Crippen molar-refractivity contribution in [3.8, 4) is 0 Å². The van der Waals surface area contributed by atoms with E-state index in [1.54, 1.807) is 34.7 Å². The van der Waals surface area contributed by atoms with Crippen LogP contribution >= 0.6 is 0 Å². The Labute approximate surface area is 139 Å². The zero-order valence-corrected chi connectivity index (χ0v) is 13.5. The maximum atomic E-state index is 12.7. The number of fused-ring (bicyclic) bond motifs is 1. The van der Waals surface area contributed by atoms with Crippen LogP contribution in [0.4, 0.5) is 0 Å². The Morgan fingerprint density at radius 1 is 1.29 bits per heavy atom. The molecule has 1 N–H and O–H groups in total. The maximum Gasteiger partial charge on any atom is 0.308 e. The van der Waals surface area contributed by atoms with Gasteiger partial charge in [0.05, 0.1) is 11.4 Å². The van der Waals surface area contributed by atoms with Crippen molar-refractivity contribution < 1.29 is 14.7 Å². The summed E-state index contributed by atoms with van der Waals surface area (Å²) in [7, 11) is 0. The highest BCUT2D eigenvalue weighted by Gasteiger charge is 2.34. The summed E-state index contributed by atoms with van der Waals surface area (Å²) in [5.74, 6) is -1.61. The average molecular weight is 328 g/mol. The molecule has 2 aromatic rings. The van der Waals surface area contributed by atoms with Crippen molar-refractivity contribution >= 4 is 22.8 Å². The van der Waals surface area contributed by atoms with Crippen LogP contribution in [0.5, 0.6) is 0 Å². The van der Waals surface area contributed by atoms with Gasteiger partial charge in [0.25, 0.3) is 0 Å². The molecule has 6 heteroatoms. The summed E-state index contributed by atoms with van der Waals surface area (Å²) >= 11 is 0. The minimum absolute atomic E-state index is 0.0761. The number of nitrogens with zero attached hydrogens (tertiary/aromatic N) is 2. The van der Waals surface area contributed by atoms with Crippen LogP contribution in [0.25, 0.3) is 10.9 Å². The molecule has 1 atom stereocenters. The third-order valence-corrected chi connectivity index (χ3v) is 4.39. The molecule has 24 heavy (non-hydrogen) atoms. The zero-order valence-electron chi connectivity index (χ0n) is 13.5. The number of carbonyl (C=O) groups is 2. The standard InChI is InChI=1S/C18H20N2O4/c1-12(18(23)24)10-20(13-6-7-13)17(22)11-19-9-8-16(21)14-4-2-3-5-15(14)19/h2-5,8-9,12-13H,6-7,10-11H2,1H3,(H,23,24). The predicted molar refractivity (Wildman–Crippen MR) is 89.7 cm³/mol. The van der Waals surface area contributed by atoms with Crippen LogP contribution in [0.2, 0.25) is 0 Å². The van der Waals surface area contributed by atoms with E-state index in [0.717, 1.165) is 12.8 Å². The molecule has 1 saturated carbocycles. The Kier molecular flexibility index (Phi) is 4.38. The van der Waals surface area contributed by atoms with E-state index in [2.05, 4.69) is 0 Å². The van der Waals surface area contributed by atoms with Crippen LogP contribution in [0, 0.1) is 5.92 Å². The number of pyridine rings is 1. The molecule has 0 spiro atoms. The molecule has 3 rings (SSSR count). The summed E-state index contributed by atoms with van der Waals surface area (Å²) in [5.41, 5.74) is 0.633. The highest BCUT2D eigenvalue weighted by molar-refractivity contribution is 5.82. The lowest BCUT2D eigenvalue weighted by atomic mass is 10.1. The first kappa shape index (κ1) is 16.2. The van der Waals surface area contributed by atoms with Gasteiger partial charge in [0.1, 0.15) is 6.54 Å². The number of carboxylic acid groups (broad SMARTS) is 1. The molecule has 0 aliphatic heterocycles. The van der Waals surface area contributed by atoms with Crippen LogP contribution in [-0.2, 0) is 16.1 Å². The van der Waals surface area contributed by atoms with E-state index in [1.807, 2.05) is 12.1 Å². The first-order valence-electron chi connectivity index (χ1n) is 8.08. The van der Waals surface area contributed by atoms with Crippen LogP contribution in [0.1, 0.15) is 19.8 Å². The zero-order chi connectivity index (χ0) is 17.3. The average Bonchev–Trinajstić information content (AvgIpc) is 3.39. The molecule has 1 aromatic heterocycles. The molecule has 1 aromatic carbocycles. The molecule has 1 fully saturated rings. The van der Waals surface area contributed by atoms with E-state index in [9.17, 15) is 14.4 Å². The van der Waals surface area contributed by atoms with Crippen molar-refractivity contribution in [2.45, 2.75) is 32.4 Å². The number of hydrogen-bond donors (Lipinski definition) is 1. The molecule has 126 valence electrons. The summed E-state index contributed by atoms with van der Waals surface area (Å²) in [4.78, 5) is 37.4. The van der Waals surface area contributed by atoms with Gasteiger partial charge in [-0.15, -0.1) is 0 Å². The van der Waals surface area contributed by atoms with Gasteiger partial charge in [-0.25, -0.2) is 0 Å². The van der Waals surface area contributed by atoms with Crippen molar-refractivity contribution in [3.05, 3.63) is 46.8 Å². The van der Waals surface area contributed by atoms with E-state index < -0.39 is 11.9 Å². The number of benzene rings is 1. The lowest BCUT2D eigenvalue weighted by molar-refractivity contribution is -0.143. The molecule has 0 bridgehead atoms. The molecule has 0 radical (unpaired) electrons. The first-order chi connectivity index (χ1) is 11.5. The third-order valence-electron chi connectivity index (χ3n) is 4.39. The summed E-state index contributed by atoms with van der Waals surface area (Å²) in [6, 6.07) is 8.77. The van der Waals surface area contributed by atoms with Gasteiger partial charge in [0.15, 0.2) is 5.43 Å². The first-order valence-corrected chi connectivity index (χ1v) is 8.08. The lowest BCUT2D eigenvalue weighted by Crippen LogP contribution is -2.40. The number of carboxylic acids is 1. The van der Waals surface area contributed by atoms with E-state index in [4.69, 9.17) is 5.11 Å². The molecule has 1 aliphatic rings. The molecular formula is C18H20N2O4. The monoisotopic (exact) mass is 328 g/mol. The lowest BCUT2D eigenvalue weighted by Gasteiger charge is -2.25. The molecule has 1 aliphatic carbocycles. The van der Waals surface area contributed by atoms with Crippen molar-refractivity contribution in [1.82, 2.24) is 9.47 Å². The smallest absolute Gasteiger partial charge is 0.308 e. The van der Waals surface area contributed by atoms with Gasteiger partial charge in [-0.2, -0.15) is 0 Å². The Morgan fingerprint density at radius 2 is 2.00 bits per heavy atom. The second kappa shape index (κ2) is 6.47. The SMILES string of the molecule is CC(CN(C(=O)Cn1ccc(=O)c2ccccc21)C1CC1)C(=O)O. The Balaban J connectivity index is 1.84. The molecule has 1 amide bonds. The Morgan fingerprint density at radius 3 is 2.67 bits per heavy atom. The molecule has 1 heterocycles. The topological polar surface area (TPSA) is 79.6 Å². The minimum atomic E-state index is -0.901. The fourth-order valence-corrected chi connectivity index (χ4v) is 2.85. The summed E-state index contributed by atoms with van der Waals surface area (Å²) in [5, 5.41) is 9.67. The Bertz CT molecular complexity index is 838. The fraction of sp³-hybridized carbons (Fsp3) is 0.389. The number of para-hydroxylation sites is 1. The fourth-order valence-electron chi connectivity index (χ4n) is 2.85. The normalized spacial score (nSPS) is 15.2. The number of amides is 1. The van der Waals surface area contributed by atoms with Gasteiger partial charge in [-0.05, 0) is 25.0 Å². The van der Waals surface area contributed by atoms with Crippen molar-refractivity contribution in [3.63, 3.8) is 0 Å². The maximum absolute atomic E-state index is 12.7. The Hall–Kier alpha value is -2.63. The van der Waals surface area contributed by atoms with E-state index in [-0.39, 0.29) is 30.5 Å². The van der Waals surface area contributed by atoms with E-state index in [1.165, 1.54) is 6.07 Å². The highest BCUT2D eigenvalue weighted by atomic mass is 16.4. The quantitative estimate of drug-likeness (QED) is 0.875. The van der Waals surface area contributed by atoms with E-state index >= 15 is 0 Å².